The highest BCUT2D eigenvalue weighted by molar-refractivity contribution is 6.09. The SMILES string of the molecule is CC(C)(C)c1cc(Oc2ccc3c4ccccc4n(-c4cc(C(C)(C)C)ccn4)c3c2)cc(N2CN(c3c(-c4ccccc4)cc(C4(c5ccccc5)c5ccccc5-c5ccccc54)cc3-c3ccccc3)c3ccccc32)c1. The van der Waals surface area contributed by atoms with Crippen LogP contribution in [0.15, 0.2) is 255 Å². The number of aromatic nitrogens is 2. The minimum Gasteiger partial charge on any atom is -0.457 e. The van der Waals surface area contributed by atoms with E-state index in [0.717, 1.165) is 78.7 Å². The Morgan fingerprint density at radius 3 is 1.60 bits per heavy atom. The number of para-hydroxylation sites is 3. The first kappa shape index (κ1) is 48.9. The molecular formula is C75H62N4O. The number of anilines is 4. The topological polar surface area (TPSA) is 33.5 Å². The van der Waals surface area contributed by atoms with Crippen LogP contribution in [0.3, 0.4) is 0 Å². The van der Waals surface area contributed by atoms with Crippen molar-refractivity contribution in [1.29, 1.82) is 0 Å². The van der Waals surface area contributed by atoms with Gasteiger partial charge in [-0.1, -0.05) is 211 Å². The average molecular weight is 1040 g/mol. The Labute approximate surface area is 469 Å². The first-order valence-corrected chi connectivity index (χ1v) is 28.0. The third kappa shape index (κ3) is 8.02. The third-order valence-corrected chi connectivity index (χ3v) is 16.7. The molecule has 3 heterocycles. The van der Waals surface area contributed by atoms with Crippen LogP contribution in [0, 0.1) is 0 Å². The molecule has 80 heavy (non-hydrogen) atoms. The van der Waals surface area contributed by atoms with E-state index in [4.69, 9.17) is 9.72 Å². The summed E-state index contributed by atoms with van der Waals surface area (Å²) in [6.45, 7) is 14.2. The molecule has 2 aliphatic rings. The zero-order valence-corrected chi connectivity index (χ0v) is 46.2. The smallest absolute Gasteiger partial charge is 0.137 e. The van der Waals surface area contributed by atoms with E-state index in [2.05, 4.69) is 305 Å². The molecule has 0 N–H and O–H groups in total. The molecule has 0 radical (unpaired) electrons. The van der Waals surface area contributed by atoms with Gasteiger partial charge in [0.15, 0.2) is 0 Å². The fraction of sp³-hybridized carbons (Fsp3) is 0.133. The second kappa shape index (κ2) is 18.9. The van der Waals surface area contributed by atoms with Crippen LogP contribution < -0.4 is 14.5 Å². The molecule has 1 aliphatic carbocycles. The minimum atomic E-state index is -0.603. The summed E-state index contributed by atoms with van der Waals surface area (Å²) < 4.78 is 9.41. The van der Waals surface area contributed by atoms with Crippen molar-refractivity contribution in [2.45, 2.75) is 57.8 Å². The van der Waals surface area contributed by atoms with Crippen LogP contribution in [0.5, 0.6) is 11.5 Å². The maximum Gasteiger partial charge on any atom is 0.137 e. The second-order valence-electron chi connectivity index (χ2n) is 23.6. The fourth-order valence-corrected chi connectivity index (χ4v) is 12.8. The Kier molecular flexibility index (Phi) is 11.5. The lowest BCUT2D eigenvalue weighted by molar-refractivity contribution is 0.479. The molecule has 2 aromatic heterocycles. The summed E-state index contributed by atoms with van der Waals surface area (Å²) in [5, 5.41) is 2.33. The number of fused-ring (bicyclic) bond motifs is 7. The van der Waals surface area contributed by atoms with E-state index in [0.29, 0.717) is 6.67 Å². The molecule has 0 bridgehead atoms. The quantitative estimate of drug-likeness (QED) is 0.144. The van der Waals surface area contributed by atoms with Crippen LogP contribution in [0.1, 0.15) is 74.9 Å². The standard InChI is InChI=1S/C75H62N4O/c1-73(2,3)53-40-41-76-71(46-53)79-67-35-21-18-32-61(67)62-39-38-57(48-70(62)79)80-58-43-54(74(4,5)6)42-56(47-58)77-49-78(69-37-23-22-36-68(69)77)72-63(50-24-10-7-11-25-50)44-55(45-64(72)51-26-12-8-13-27-51)75(52-28-14-9-15-29-52)65-33-19-16-30-59(65)60-31-17-20-34-66(60)75/h7-48H,49H2,1-6H3. The first-order valence-electron chi connectivity index (χ1n) is 28.0. The molecule has 1 aliphatic heterocycles. The van der Waals surface area contributed by atoms with E-state index >= 15 is 0 Å². The van der Waals surface area contributed by atoms with Crippen molar-refractivity contribution in [3.8, 4) is 50.7 Å². The summed E-state index contributed by atoms with van der Waals surface area (Å²) in [7, 11) is 0. The molecular weight excluding hydrogens is 973 g/mol. The van der Waals surface area contributed by atoms with Gasteiger partial charge in [0.05, 0.1) is 33.5 Å². The predicted octanol–water partition coefficient (Wildman–Crippen LogP) is 19.5. The molecule has 5 heteroatoms. The van der Waals surface area contributed by atoms with E-state index in [1.807, 2.05) is 6.20 Å². The third-order valence-electron chi connectivity index (χ3n) is 16.7. The predicted molar refractivity (Wildman–Crippen MR) is 333 cm³/mol. The number of hydrogen-bond donors (Lipinski definition) is 0. The van der Waals surface area contributed by atoms with E-state index in [9.17, 15) is 0 Å². The van der Waals surface area contributed by atoms with Crippen molar-refractivity contribution >= 4 is 44.6 Å². The summed E-state index contributed by atoms with van der Waals surface area (Å²) in [6.07, 6.45) is 1.93. The molecule has 10 aromatic carbocycles. The van der Waals surface area contributed by atoms with Crippen LogP contribution in [0.4, 0.5) is 22.7 Å². The van der Waals surface area contributed by atoms with Gasteiger partial charge >= 0.3 is 0 Å². The molecule has 0 atom stereocenters. The number of pyridine rings is 1. The number of ether oxygens (including phenoxy) is 1. The second-order valence-corrected chi connectivity index (χ2v) is 23.6. The van der Waals surface area contributed by atoms with Gasteiger partial charge in [-0.2, -0.15) is 0 Å². The van der Waals surface area contributed by atoms with Crippen molar-refractivity contribution in [3.63, 3.8) is 0 Å². The van der Waals surface area contributed by atoms with Crippen molar-refractivity contribution in [2.75, 3.05) is 16.5 Å². The van der Waals surface area contributed by atoms with Gasteiger partial charge in [0.1, 0.15) is 24.0 Å². The number of nitrogens with zero attached hydrogens (tertiary/aromatic N) is 4. The lowest BCUT2D eigenvalue weighted by atomic mass is 9.66. The molecule has 5 nitrogen and oxygen atoms in total. The maximum atomic E-state index is 7.12. The molecule has 0 amide bonds. The fourth-order valence-electron chi connectivity index (χ4n) is 12.8. The van der Waals surface area contributed by atoms with Crippen LogP contribution in [-0.4, -0.2) is 16.2 Å². The molecule has 0 spiro atoms. The van der Waals surface area contributed by atoms with Crippen LogP contribution in [0.25, 0.3) is 61.0 Å². The number of rotatable bonds is 9. The van der Waals surface area contributed by atoms with E-state index in [-0.39, 0.29) is 10.8 Å². The summed E-state index contributed by atoms with van der Waals surface area (Å²) in [4.78, 5) is 9.98. The summed E-state index contributed by atoms with van der Waals surface area (Å²) in [5.74, 6) is 2.43. The van der Waals surface area contributed by atoms with Crippen molar-refractivity contribution in [3.05, 3.63) is 288 Å². The van der Waals surface area contributed by atoms with Gasteiger partial charge in [0.25, 0.3) is 0 Å². The number of hydrogen-bond acceptors (Lipinski definition) is 4. The van der Waals surface area contributed by atoms with Crippen molar-refractivity contribution in [1.82, 2.24) is 9.55 Å². The van der Waals surface area contributed by atoms with Gasteiger partial charge < -0.3 is 14.5 Å². The van der Waals surface area contributed by atoms with Gasteiger partial charge in [0.2, 0.25) is 0 Å². The first-order chi connectivity index (χ1) is 38.9. The van der Waals surface area contributed by atoms with Gasteiger partial charge in [-0.3, -0.25) is 4.57 Å². The normalized spacial score (nSPS) is 13.6. The van der Waals surface area contributed by atoms with Crippen molar-refractivity contribution < 1.29 is 4.74 Å². The molecule has 14 rings (SSSR count). The van der Waals surface area contributed by atoms with Gasteiger partial charge in [0, 0.05) is 45.9 Å². The van der Waals surface area contributed by atoms with E-state index in [1.165, 1.54) is 49.9 Å². The molecule has 0 saturated heterocycles. The highest BCUT2D eigenvalue weighted by Gasteiger charge is 2.47. The molecule has 0 unspecified atom stereocenters. The maximum absolute atomic E-state index is 7.12. The summed E-state index contributed by atoms with van der Waals surface area (Å²) >= 11 is 0. The molecule has 12 aromatic rings. The Bertz CT molecular complexity index is 4230. The van der Waals surface area contributed by atoms with Gasteiger partial charge in [-0.15, -0.1) is 0 Å². The lowest BCUT2D eigenvalue weighted by Crippen LogP contribution is -2.29. The van der Waals surface area contributed by atoms with Gasteiger partial charge in [-0.25, -0.2) is 4.98 Å². The Morgan fingerprint density at radius 2 is 0.963 bits per heavy atom. The van der Waals surface area contributed by atoms with E-state index < -0.39 is 5.41 Å². The van der Waals surface area contributed by atoms with Crippen LogP contribution in [-0.2, 0) is 16.2 Å². The molecule has 388 valence electrons. The molecule has 0 saturated carbocycles. The molecule has 0 fully saturated rings. The Morgan fingerprint density at radius 1 is 0.412 bits per heavy atom. The lowest BCUT2D eigenvalue weighted by Gasteiger charge is -2.36. The zero-order chi connectivity index (χ0) is 54.3. The summed E-state index contributed by atoms with van der Waals surface area (Å²) in [6, 6.07) is 91.4. The average Bonchev–Trinajstić information content (AvgIpc) is 4.31. The largest absolute Gasteiger partial charge is 0.457 e. The zero-order valence-electron chi connectivity index (χ0n) is 46.2. The van der Waals surface area contributed by atoms with Gasteiger partial charge in [-0.05, 0) is 133 Å². The summed E-state index contributed by atoms with van der Waals surface area (Å²) in [5.41, 5.74) is 20.4. The Hall–Kier alpha value is -9.45. The van der Waals surface area contributed by atoms with Crippen LogP contribution >= 0.6 is 0 Å². The number of benzene rings is 10. The highest BCUT2D eigenvalue weighted by atomic mass is 16.5. The van der Waals surface area contributed by atoms with E-state index in [1.54, 1.807) is 0 Å². The van der Waals surface area contributed by atoms with Crippen LogP contribution in [0.2, 0.25) is 0 Å². The van der Waals surface area contributed by atoms with Crippen molar-refractivity contribution in [2.24, 2.45) is 0 Å². The Balaban J connectivity index is 0.939. The monoisotopic (exact) mass is 1030 g/mol. The highest BCUT2D eigenvalue weighted by Crippen LogP contribution is 2.59. The minimum absolute atomic E-state index is 0.0333.